The van der Waals surface area contributed by atoms with Crippen molar-refractivity contribution in [1.29, 1.82) is 0 Å². The fourth-order valence-corrected chi connectivity index (χ4v) is 5.28. The topological polar surface area (TPSA) is 82.0 Å². The van der Waals surface area contributed by atoms with E-state index in [0.717, 1.165) is 36.8 Å². The molecule has 2 aliphatic rings. The first kappa shape index (κ1) is 21.7. The second-order valence-electron chi connectivity index (χ2n) is 8.81. The number of carbonyl (C=O) groups excluding carboxylic acids is 1. The third-order valence-electron chi connectivity index (χ3n) is 6.90. The van der Waals surface area contributed by atoms with Gasteiger partial charge in [0.25, 0.3) is 0 Å². The van der Waals surface area contributed by atoms with Crippen LogP contribution in [0.1, 0.15) is 49.3 Å². The number of rotatable bonds is 6. The molecule has 2 fully saturated rings. The van der Waals surface area contributed by atoms with E-state index in [4.69, 9.17) is 4.74 Å². The lowest BCUT2D eigenvalue weighted by molar-refractivity contribution is -0.138. The highest BCUT2D eigenvalue weighted by atomic mass is 16.5. The number of benzene rings is 2. The molecule has 2 aromatic carbocycles. The Labute approximate surface area is 183 Å². The number of aliphatic hydroxyl groups is 1. The molecule has 1 aliphatic heterocycles. The number of nitrogens with one attached hydrogen (secondary N) is 1. The molecule has 6 heteroatoms. The number of aromatic hydroxyl groups is 1. The minimum atomic E-state index is -0.703. The zero-order valence-corrected chi connectivity index (χ0v) is 18.1. The molecule has 4 rings (SSSR count). The number of amides is 1. The number of phenolic OH excluding ortho intramolecular Hbond substituents is 1. The summed E-state index contributed by atoms with van der Waals surface area (Å²) in [4.78, 5) is 15.0. The van der Waals surface area contributed by atoms with Gasteiger partial charge in [-0.05, 0) is 42.5 Å². The number of carbonyl (C=O) groups is 1. The standard InChI is InChI=1S/C25H32N2O4/c1-31-22-15-19(10-11-21(22)28)24-20-9-5-6-12-25(20,30)13-14-27(24)17-23(29)26-16-18-7-3-2-4-8-18/h2-4,7-8,10-11,15,20,24,28,30H,5-6,9,12-14,16-17H2,1H3,(H,26,29)/t20?,24-,25?/m0/s1. The molecule has 0 spiro atoms. The van der Waals surface area contributed by atoms with Crippen molar-refractivity contribution < 1.29 is 19.7 Å². The zero-order valence-electron chi connectivity index (χ0n) is 18.1. The Hall–Kier alpha value is -2.57. The van der Waals surface area contributed by atoms with Gasteiger partial charge in [-0.25, -0.2) is 0 Å². The summed E-state index contributed by atoms with van der Waals surface area (Å²) in [5.74, 6) is 0.524. The molecule has 3 atom stereocenters. The number of piperidine rings is 1. The van der Waals surface area contributed by atoms with E-state index in [1.807, 2.05) is 42.5 Å². The van der Waals surface area contributed by atoms with Crippen molar-refractivity contribution >= 4 is 5.91 Å². The minimum absolute atomic E-state index is 0.0270. The van der Waals surface area contributed by atoms with E-state index in [-0.39, 0.29) is 30.2 Å². The predicted octanol–water partition coefficient (Wildman–Crippen LogP) is 3.39. The molecular formula is C25H32N2O4. The molecule has 0 radical (unpaired) electrons. The summed E-state index contributed by atoms with van der Waals surface area (Å²) in [7, 11) is 1.53. The fraction of sp³-hybridized carbons (Fsp3) is 0.480. The zero-order chi connectivity index (χ0) is 21.8. The van der Waals surface area contributed by atoms with Crippen LogP contribution in [0.5, 0.6) is 11.5 Å². The lowest BCUT2D eigenvalue weighted by Crippen LogP contribution is -2.56. The molecular weight excluding hydrogens is 392 g/mol. The number of methoxy groups -OCH3 is 1. The molecule has 31 heavy (non-hydrogen) atoms. The van der Waals surface area contributed by atoms with Gasteiger partial charge in [-0.15, -0.1) is 0 Å². The lowest BCUT2D eigenvalue weighted by Gasteiger charge is -2.52. The van der Waals surface area contributed by atoms with Gasteiger partial charge < -0.3 is 20.3 Å². The molecule has 1 heterocycles. The molecule has 1 aliphatic carbocycles. The van der Waals surface area contributed by atoms with Crippen molar-refractivity contribution in [2.45, 2.75) is 50.3 Å². The Balaban J connectivity index is 1.55. The van der Waals surface area contributed by atoms with Crippen LogP contribution in [0.3, 0.4) is 0 Å². The quantitative estimate of drug-likeness (QED) is 0.662. The van der Waals surface area contributed by atoms with Gasteiger partial charge in [0, 0.05) is 25.0 Å². The highest BCUT2D eigenvalue weighted by molar-refractivity contribution is 5.78. The first-order chi connectivity index (χ1) is 15.0. The Morgan fingerprint density at radius 1 is 1.19 bits per heavy atom. The number of hydrogen-bond acceptors (Lipinski definition) is 5. The van der Waals surface area contributed by atoms with Gasteiger partial charge in [0.1, 0.15) is 0 Å². The maximum Gasteiger partial charge on any atom is 0.234 e. The SMILES string of the molecule is COc1cc([C@H]2C3CCCCC3(O)CCN2CC(=O)NCc2ccccc2)ccc1O. The predicted molar refractivity (Wildman–Crippen MR) is 119 cm³/mol. The van der Waals surface area contributed by atoms with Crippen LogP contribution < -0.4 is 10.1 Å². The van der Waals surface area contributed by atoms with Gasteiger partial charge >= 0.3 is 0 Å². The van der Waals surface area contributed by atoms with E-state index in [0.29, 0.717) is 25.3 Å². The van der Waals surface area contributed by atoms with Crippen LogP contribution in [-0.2, 0) is 11.3 Å². The first-order valence-electron chi connectivity index (χ1n) is 11.1. The van der Waals surface area contributed by atoms with Crippen molar-refractivity contribution in [3.8, 4) is 11.5 Å². The van der Waals surface area contributed by atoms with Gasteiger partial charge in [0.2, 0.25) is 5.91 Å². The van der Waals surface area contributed by atoms with Crippen LogP contribution in [0, 0.1) is 5.92 Å². The van der Waals surface area contributed by atoms with Gasteiger partial charge in [-0.2, -0.15) is 0 Å². The summed E-state index contributed by atoms with van der Waals surface area (Å²) in [5, 5.41) is 24.5. The summed E-state index contributed by atoms with van der Waals surface area (Å²) >= 11 is 0. The molecule has 3 N–H and O–H groups in total. The lowest BCUT2D eigenvalue weighted by atomic mass is 9.66. The van der Waals surface area contributed by atoms with Crippen LogP contribution in [-0.4, -0.2) is 46.8 Å². The summed E-state index contributed by atoms with van der Waals surface area (Å²) in [6, 6.07) is 15.1. The molecule has 166 valence electrons. The smallest absolute Gasteiger partial charge is 0.234 e. The van der Waals surface area contributed by atoms with E-state index in [9.17, 15) is 15.0 Å². The summed E-state index contributed by atoms with van der Waals surface area (Å²) < 4.78 is 5.33. The van der Waals surface area contributed by atoms with E-state index in [2.05, 4.69) is 10.2 Å². The highest BCUT2D eigenvalue weighted by Gasteiger charge is 2.49. The third kappa shape index (κ3) is 4.70. The number of phenols is 1. The summed E-state index contributed by atoms with van der Waals surface area (Å²) in [6.07, 6.45) is 4.52. The molecule has 1 saturated carbocycles. The monoisotopic (exact) mass is 424 g/mol. The van der Waals surface area contributed by atoms with Gasteiger partial charge in [-0.1, -0.05) is 49.2 Å². The number of likely N-dealkylation sites (tertiary alicyclic amines) is 1. The number of nitrogens with zero attached hydrogens (tertiary/aromatic N) is 1. The van der Waals surface area contributed by atoms with Gasteiger partial charge in [0.15, 0.2) is 11.5 Å². The summed E-state index contributed by atoms with van der Waals surface area (Å²) in [5.41, 5.74) is 1.33. The number of hydrogen-bond donors (Lipinski definition) is 3. The maximum atomic E-state index is 12.8. The van der Waals surface area contributed by atoms with Crippen molar-refractivity contribution in [3.05, 3.63) is 59.7 Å². The van der Waals surface area contributed by atoms with Crippen LogP contribution in [0.25, 0.3) is 0 Å². The molecule has 2 unspecified atom stereocenters. The van der Waals surface area contributed by atoms with E-state index in [1.54, 1.807) is 6.07 Å². The molecule has 1 amide bonds. The number of fused-ring (bicyclic) bond motifs is 1. The molecule has 1 saturated heterocycles. The van der Waals surface area contributed by atoms with E-state index >= 15 is 0 Å². The first-order valence-corrected chi connectivity index (χ1v) is 11.1. The molecule has 6 nitrogen and oxygen atoms in total. The Morgan fingerprint density at radius 2 is 2.00 bits per heavy atom. The Kier molecular flexibility index (Phi) is 6.49. The van der Waals surface area contributed by atoms with Crippen molar-refractivity contribution in [2.75, 3.05) is 20.2 Å². The van der Waals surface area contributed by atoms with E-state index < -0.39 is 5.60 Å². The maximum absolute atomic E-state index is 12.8. The van der Waals surface area contributed by atoms with E-state index in [1.165, 1.54) is 7.11 Å². The second kappa shape index (κ2) is 9.28. The highest BCUT2D eigenvalue weighted by Crippen LogP contribution is 2.49. The van der Waals surface area contributed by atoms with Crippen LogP contribution in [0.4, 0.5) is 0 Å². The normalized spacial score (nSPS) is 26.1. The fourth-order valence-electron chi connectivity index (χ4n) is 5.28. The molecule has 0 bridgehead atoms. The third-order valence-corrected chi connectivity index (χ3v) is 6.90. The Bertz CT molecular complexity index is 904. The molecule has 2 aromatic rings. The van der Waals surface area contributed by atoms with Crippen molar-refractivity contribution in [1.82, 2.24) is 10.2 Å². The van der Waals surface area contributed by atoms with Gasteiger partial charge in [0.05, 0.1) is 19.3 Å². The van der Waals surface area contributed by atoms with Crippen molar-refractivity contribution in [2.24, 2.45) is 5.92 Å². The minimum Gasteiger partial charge on any atom is -0.504 e. The van der Waals surface area contributed by atoms with Crippen LogP contribution in [0.2, 0.25) is 0 Å². The number of ether oxygens (including phenoxy) is 1. The Morgan fingerprint density at radius 3 is 2.77 bits per heavy atom. The molecule has 0 aromatic heterocycles. The van der Waals surface area contributed by atoms with Crippen LogP contribution >= 0.6 is 0 Å². The largest absolute Gasteiger partial charge is 0.504 e. The van der Waals surface area contributed by atoms with Crippen LogP contribution in [0.15, 0.2) is 48.5 Å². The van der Waals surface area contributed by atoms with Gasteiger partial charge in [-0.3, -0.25) is 9.69 Å². The summed E-state index contributed by atoms with van der Waals surface area (Å²) in [6.45, 7) is 1.42. The second-order valence-corrected chi connectivity index (χ2v) is 8.81. The average Bonchev–Trinajstić information content (AvgIpc) is 2.79. The average molecular weight is 425 g/mol. The van der Waals surface area contributed by atoms with Crippen molar-refractivity contribution in [3.63, 3.8) is 0 Å².